The molecule has 116 valence electrons. The van der Waals surface area contributed by atoms with Crippen molar-refractivity contribution in [1.29, 1.82) is 0 Å². The molecule has 1 heterocycles. The van der Waals surface area contributed by atoms with Crippen molar-refractivity contribution in [1.82, 2.24) is 0 Å². The third kappa shape index (κ3) is 3.07. The Bertz CT molecular complexity index is 707. The average molecular weight is 317 g/mol. The molecule has 2 aromatic rings. The number of amides is 1. The standard InChI is InChI=1S/C18H20FNOS/c1-3-12-5-7-16-13(8-12)9-17(22-16)18(21)20-15-10-14(19)6-4-11(15)2/h4,6,9-10,12H,3,5,7-8H2,1-2H3,(H,20,21)/t12-/m0/s1. The minimum Gasteiger partial charge on any atom is -0.321 e. The van der Waals surface area contributed by atoms with E-state index in [4.69, 9.17) is 0 Å². The summed E-state index contributed by atoms with van der Waals surface area (Å²) < 4.78 is 13.3. The van der Waals surface area contributed by atoms with E-state index < -0.39 is 0 Å². The van der Waals surface area contributed by atoms with Crippen LogP contribution in [0.5, 0.6) is 0 Å². The van der Waals surface area contributed by atoms with Gasteiger partial charge in [-0.1, -0.05) is 19.4 Å². The lowest BCUT2D eigenvalue weighted by Crippen LogP contribution is -2.11. The van der Waals surface area contributed by atoms with Crippen LogP contribution in [-0.2, 0) is 12.8 Å². The molecule has 1 N–H and O–H groups in total. The van der Waals surface area contributed by atoms with Gasteiger partial charge in [0.2, 0.25) is 0 Å². The summed E-state index contributed by atoms with van der Waals surface area (Å²) in [5, 5.41) is 2.83. The van der Waals surface area contributed by atoms with Crippen molar-refractivity contribution in [2.45, 2.75) is 39.5 Å². The normalized spacial score (nSPS) is 17.1. The predicted octanol–water partition coefficient (Wildman–Crippen LogP) is 4.96. The summed E-state index contributed by atoms with van der Waals surface area (Å²) in [6.45, 7) is 4.09. The summed E-state index contributed by atoms with van der Waals surface area (Å²) in [7, 11) is 0. The second-order valence-electron chi connectivity index (χ2n) is 5.99. The number of carbonyl (C=O) groups excluding carboxylic acids is 1. The van der Waals surface area contributed by atoms with Gasteiger partial charge in [-0.25, -0.2) is 4.39 Å². The molecular weight excluding hydrogens is 297 g/mol. The van der Waals surface area contributed by atoms with Gasteiger partial charge in [0.15, 0.2) is 0 Å². The topological polar surface area (TPSA) is 29.1 Å². The molecule has 1 aromatic carbocycles. The van der Waals surface area contributed by atoms with Crippen LogP contribution < -0.4 is 5.32 Å². The Labute approximate surface area is 134 Å². The van der Waals surface area contributed by atoms with Gasteiger partial charge in [-0.3, -0.25) is 4.79 Å². The fourth-order valence-corrected chi connectivity index (χ4v) is 4.08. The number of fused-ring (bicyclic) bond motifs is 1. The first-order valence-corrected chi connectivity index (χ1v) is 8.57. The van der Waals surface area contributed by atoms with Crippen molar-refractivity contribution in [3.8, 4) is 0 Å². The van der Waals surface area contributed by atoms with Crippen molar-refractivity contribution in [2.24, 2.45) is 5.92 Å². The van der Waals surface area contributed by atoms with Crippen LogP contribution in [0.15, 0.2) is 24.3 Å². The quantitative estimate of drug-likeness (QED) is 0.851. The number of benzene rings is 1. The molecule has 1 aliphatic rings. The van der Waals surface area contributed by atoms with Crippen LogP contribution in [0.4, 0.5) is 10.1 Å². The van der Waals surface area contributed by atoms with Gasteiger partial charge in [0, 0.05) is 10.6 Å². The highest BCUT2D eigenvalue weighted by Crippen LogP contribution is 2.34. The first-order chi connectivity index (χ1) is 10.6. The molecule has 0 radical (unpaired) electrons. The van der Waals surface area contributed by atoms with Crippen molar-refractivity contribution in [3.05, 3.63) is 51.0 Å². The molecule has 2 nitrogen and oxygen atoms in total. The second-order valence-corrected chi connectivity index (χ2v) is 7.13. The summed E-state index contributed by atoms with van der Waals surface area (Å²) in [6.07, 6.45) is 4.56. The molecule has 3 rings (SSSR count). The van der Waals surface area contributed by atoms with Gasteiger partial charge in [0.05, 0.1) is 4.88 Å². The Kier molecular flexibility index (Phi) is 4.30. The zero-order chi connectivity index (χ0) is 15.7. The fourth-order valence-electron chi connectivity index (χ4n) is 2.97. The Hall–Kier alpha value is -1.68. The van der Waals surface area contributed by atoms with E-state index in [1.165, 1.54) is 35.4 Å². The van der Waals surface area contributed by atoms with Crippen LogP contribution in [-0.4, -0.2) is 5.91 Å². The number of anilines is 1. The van der Waals surface area contributed by atoms with Crippen LogP contribution >= 0.6 is 11.3 Å². The number of rotatable bonds is 3. The van der Waals surface area contributed by atoms with E-state index in [2.05, 4.69) is 12.2 Å². The first-order valence-electron chi connectivity index (χ1n) is 7.76. The molecule has 1 amide bonds. The highest BCUT2D eigenvalue weighted by Gasteiger charge is 2.22. The van der Waals surface area contributed by atoms with E-state index in [9.17, 15) is 9.18 Å². The van der Waals surface area contributed by atoms with E-state index >= 15 is 0 Å². The maximum atomic E-state index is 13.3. The highest BCUT2D eigenvalue weighted by atomic mass is 32.1. The SMILES string of the molecule is CC[C@H]1CCc2sc(C(=O)Nc3cc(F)ccc3C)cc2C1. The number of halogens is 1. The van der Waals surface area contributed by atoms with Gasteiger partial charge in [0.1, 0.15) is 5.82 Å². The van der Waals surface area contributed by atoms with Gasteiger partial charge in [-0.15, -0.1) is 11.3 Å². The van der Waals surface area contributed by atoms with Crippen molar-refractivity contribution < 1.29 is 9.18 Å². The van der Waals surface area contributed by atoms with Gasteiger partial charge in [-0.05, 0) is 61.4 Å². The molecule has 1 aromatic heterocycles. The molecule has 0 unspecified atom stereocenters. The van der Waals surface area contributed by atoms with Crippen LogP contribution in [0.2, 0.25) is 0 Å². The van der Waals surface area contributed by atoms with Gasteiger partial charge in [-0.2, -0.15) is 0 Å². The van der Waals surface area contributed by atoms with Crippen LogP contribution in [0.1, 0.15) is 45.4 Å². The number of aryl methyl sites for hydroxylation is 2. The molecule has 1 atom stereocenters. The van der Waals surface area contributed by atoms with Crippen LogP contribution in [0.3, 0.4) is 0 Å². The number of carbonyl (C=O) groups is 1. The van der Waals surface area contributed by atoms with Crippen molar-refractivity contribution in [3.63, 3.8) is 0 Å². The largest absolute Gasteiger partial charge is 0.321 e. The second kappa shape index (κ2) is 6.21. The van der Waals surface area contributed by atoms with E-state index in [1.54, 1.807) is 17.4 Å². The predicted molar refractivity (Wildman–Crippen MR) is 89.2 cm³/mol. The minimum absolute atomic E-state index is 0.138. The Morgan fingerprint density at radius 2 is 2.23 bits per heavy atom. The molecule has 0 spiro atoms. The molecule has 0 bridgehead atoms. The molecular formula is C18H20FNOS. The lowest BCUT2D eigenvalue weighted by Gasteiger charge is -2.19. The maximum absolute atomic E-state index is 13.3. The summed E-state index contributed by atoms with van der Waals surface area (Å²) in [5.74, 6) is 0.266. The van der Waals surface area contributed by atoms with Crippen LogP contribution in [0.25, 0.3) is 0 Å². The van der Waals surface area contributed by atoms with E-state index in [0.29, 0.717) is 5.69 Å². The summed E-state index contributed by atoms with van der Waals surface area (Å²) >= 11 is 1.58. The molecule has 4 heteroatoms. The zero-order valence-electron chi connectivity index (χ0n) is 12.9. The number of nitrogens with one attached hydrogen (secondary N) is 1. The third-order valence-electron chi connectivity index (χ3n) is 4.43. The average Bonchev–Trinajstić information content (AvgIpc) is 2.94. The molecule has 0 saturated heterocycles. The van der Waals surface area contributed by atoms with Crippen LogP contribution in [0, 0.1) is 18.7 Å². The zero-order valence-corrected chi connectivity index (χ0v) is 13.7. The third-order valence-corrected chi connectivity index (χ3v) is 5.67. The Morgan fingerprint density at radius 1 is 1.41 bits per heavy atom. The first kappa shape index (κ1) is 15.2. The van der Waals surface area contributed by atoms with Crippen molar-refractivity contribution in [2.75, 3.05) is 5.32 Å². The number of hydrogen-bond acceptors (Lipinski definition) is 2. The van der Waals surface area contributed by atoms with Crippen molar-refractivity contribution >= 4 is 22.9 Å². The lowest BCUT2D eigenvalue weighted by atomic mass is 9.87. The van der Waals surface area contributed by atoms with Gasteiger partial charge >= 0.3 is 0 Å². The lowest BCUT2D eigenvalue weighted by molar-refractivity contribution is 0.103. The van der Waals surface area contributed by atoms with E-state index in [-0.39, 0.29) is 11.7 Å². The smallest absolute Gasteiger partial charge is 0.265 e. The molecule has 1 aliphatic carbocycles. The molecule has 0 fully saturated rings. The van der Waals surface area contributed by atoms with Gasteiger partial charge in [0.25, 0.3) is 5.91 Å². The molecule has 0 aliphatic heterocycles. The Balaban J connectivity index is 1.79. The summed E-state index contributed by atoms with van der Waals surface area (Å²) in [6, 6.07) is 6.47. The summed E-state index contributed by atoms with van der Waals surface area (Å²) in [5.41, 5.74) is 2.73. The highest BCUT2D eigenvalue weighted by molar-refractivity contribution is 7.14. The minimum atomic E-state index is -0.336. The number of hydrogen-bond donors (Lipinski definition) is 1. The van der Waals surface area contributed by atoms with E-state index in [0.717, 1.165) is 29.2 Å². The molecule has 0 saturated carbocycles. The molecule has 22 heavy (non-hydrogen) atoms. The summed E-state index contributed by atoms with van der Waals surface area (Å²) in [4.78, 5) is 14.5. The maximum Gasteiger partial charge on any atom is 0.265 e. The van der Waals surface area contributed by atoms with Gasteiger partial charge < -0.3 is 5.32 Å². The Morgan fingerprint density at radius 3 is 3.00 bits per heavy atom. The number of thiophene rings is 1. The monoisotopic (exact) mass is 317 g/mol. The van der Waals surface area contributed by atoms with E-state index in [1.807, 2.05) is 13.0 Å². The fraction of sp³-hybridized carbons (Fsp3) is 0.389.